The SMILES string of the molecule is CN1CCC(n2cc(-c3cccc(N4CCCC4)c3)c3c(NS(=O)(=O)c4ccccc4)ccnc32)C1. The summed E-state index contributed by atoms with van der Waals surface area (Å²) >= 11 is 0. The van der Waals surface area contributed by atoms with Gasteiger partial charge in [0.1, 0.15) is 5.65 Å². The second-order valence-electron chi connectivity index (χ2n) is 9.87. The first-order chi connectivity index (χ1) is 17.5. The van der Waals surface area contributed by atoms with E-state index in [0.717, 1.165) is 54.8 Å². The van der Waals surface area contributed by atoms with Crippen molar-refractivity contribution in [3.63, 3.8) is 0 Å². The van der Waals surface area contributed by atoms with Gasteiger partial charge in [0.05, 0.1) is 16.0 Å². The van der Waals surface area contributed by atoms with E-state index >= 15 is 0 Å². The zero-order chi connectivity index (χ0) is 24.7. The predicted octanol–water partition coefficient (Wildman–Crippen LogP) is 4.98. The Kier molecular flexibility index (Phi) is 5.93. The van der Waals surface area contributed by atoms with E-state index in [2.05, 4.69) is 56.6 Å². The number of pyridine rings is 1. The molecule has 2 saturated heterocycles. The van der Waals surface area contributed by atoms with Crippen LogP contribution >= 0.6 is 0 Å². The number of likely N-dealkylation sites (tertiary alicyclic amines) is 1. The second kappa shape index (κ2) is 9.26. The van der Waals surface area contributed by atoms with Gasteiger partial charge in [-0.1, -0.05) is 30.3 Å². The van der Waals surface area contributed by atoms with Crippen LogP contribution in [0.2, 0.25) is 0 Å². The molecule has 0 bridgehead atoms. The van der Waals surface area contributed by atoms with E-state index in [4.69, 9.17) is 4.98 Å². The average Bonchev–Trinajstić information content (AvgIpc) is 3.65. The first kappa shape index (κ1) is 23.1. The number of sulfonamides is 1. The van der Waals surface area contributed by atoms with Gasteiger partial charge in [-0.05, 0) is 68.8 Å². The van der Waals surface area contributed by atoms with Gasteiger partial charge in [0.15, 0.2) is 0 Å². The first-order valence-electron chi connectivity index (χ1n) is 12.6. The molecule has 0 aliphatic carbocycles. The molecule has 1 unspecified atom stereocenters. The minimum Gasteiger partial charge on any atom is -0.372 e. The van der Waals surface area contributed by atoms with Crippen LogP contribution in [0.1, 0.15) is 25.3 Å². The van der Waals surface area contributed by atoms with E-state index in [1.54, 1.807) is 36.5 Å². The second-order valence-corrected chi connectivity index (χ2v) is 11.6. The van der Waals surface area contributed by atoms with E-state index in [0.29, 0.717) is 11.7 Å². The summed E-state index contributed by atoms with van der Waals surface area (Å²) < 4.78 is 31.7. The van der Waals surface area contributed by atoms with Crippen LogP contribution in [0.25, 0.3) is 22.2 Å². The molecular weight excluding hydrogens is 470 g/mol. The molecule has 6 rings (SSSR count). The largest absolute Gasteiger partial charge is 0.372 e. The first-order valence-corrected chi connectivity index (χ1v) is 14.1. The highest BCUT2D eigenvalue weighted by molar-refractivity contribution is 7.92. The molecule has 0 radical (unpaired) electrons. The van der Waals surface area contributed by atoms with Crippen molar-refractivity contribution < 1.29 is 8.42 Å². The summed E-state index contributed by atoms with van der Waals surface area (Å²) in [5.74, 6) is 0. The number of rotatable bonds is 6. The van der Waals surface area contributed by atoms with Crippen LogP contribution in [0.5, 0.6) is 0 Å². The van der Waals surface area contributed by atoms with Gasteiger partial charge < -0.3 is 14.4 Å². The number of fused-ring (bicyclic) bond motifs is 1. The summed E-state index contributed by atoms with van der Waals surface area (Å²) in [6.45, 7) is 4.12. The lowest BCUT2D eigenvalue weighted by molar-refractivity contribution is 0.395. The molecule has 2 aliphatic heterocycles. The predicted molar refractivity (Wildman–Crippen MR) is 145 cm³/mol. The van der Waals surface area contributed by atoms with Crippen LogP contribution in [0, 0.1) is 0 Å². The van der Waals surface area contributed by atoms with E-state index < -0.39 is 10.0 Å². The zero-order valence-electron chi connectivity index (χ0n) is 20.5. The number of hydrogen-bond acceptors (Lipinski definition) is 5. The Morgan fingerprint density at radius 2 is 1.78 bits per heavy atom. The number of aromatic nitrogens is 2. The molecule has 2 fully saturated rings. The third-order valence-electron chi connectivity index (χ3n) is 7.40. The smallest absolute Gasteiger partial charge is 0.261 e. The Bertz CT molecular complexity index is 1490. The van der Waals surface area contributed by atoms with E-state index in [1.165, 1.54) is 18.5 Å². The van der Waals surface area contributed by atoms with Crippen LogP contribution in [-0.2, 0) is 10.0 Å². The van der Waals surface area contributed by atoms with E-state index in [-0.39, 0.29) is 4.90 Å². The van der Waals surface area contributed by atoms with Crippen LogP contribution in [0.4, 0.5) is 11.4 Å². The molecule has 2 aromatic heterocycles. The number of nitrogens with one attached hydrogen (secondary N) is 1. The summed E-state index contributed by atoms with van der Waals surface area (Å²) in [4.78, 5) is 9.75. The number of hydrogen-bond donors (Lipinski definition) is 1. The van der Waals surface area contributed by atoms with Crippen molar-refractivity contribution in [3.8, 4) is 11.1 Å². The zero-order valence-corrected chi connectivity index (χ0v) is 21.3. The number of nitrogens with zero attached hydrogens (tertiary/aromatic N) is 4. The van der Waals surface area contributed by atoms with Gasteiger partial charge >= 0.3 is 0 Å². The summed E-state index contributed by atoms with van der Waals surface area (Å²) in [5, 5.41) is 0.838. The summed E-state index contributed by atoms with van der Waals surface area (Å²) in [7, 11) is -1.61. The molecule has 2 aromatic carbocycles. The van der Waals surface area contributed by atoms with Crippen molar-refractivity contribution in [2.24, 2.45) is 0 Å². The average molecular weight is 502 g/mol. The maximum absolute atomic E-state index is 13.3. The Labute approximate surface area is 212 Å². The highest BCUT2D eigenvalue weighted by Gasteiger charge is 2.27. The Balaban J connectivity index is 1.50. The van der Waals surface area contributed by atoms with Gasteiger partial charge in [0.25, 0.3) is 10.0 Å². The standard InChI is InChI=1S/C28H31N5O2S/c1-31-17-13-23(19-31)33-20-25(21-8-7-9-22(18-21)32-15-5-6-16-32)27-26(12-14-29-28(27)33)30-36(34,35)24-10-3-2-4-11-24/h2-4,7-12,14,18,20,23H,5-6,13,15-17,19H2,1H3,(H,29,30). The summed E-state index contributed by atoms with van der Waals surface area (Å²) in [5.41, 5.74) is 4.64. The van der Waals surface area contributed by atoms with Gasteiger partial charge in [0, 0.05) is 49.3 Å². The molecule has 186 valence electrons. The normalized spacial score (nSPS) is 18.8. The highest BCUT2D eigenvalue weighted by Crippen LogP contribution is 2.39. The maximum atomic E-state index is 13.3. The van der Waals surface area contributed by atoms with E-state index in [1.807, 2.05) is 6.07 Å². The maximum Gasteiger partial charge on any atom is 0.261 e. The molecule has 4 aromatic rings. The van der Waals surface area contributed by atoms with Gasteiger partial charge in [-0.2, -0.15) is 0 Å². The fourth-order valence-corrected chi connectivity index (χ4v) is 6.64. The molecule has 1 atom stereocenters. The lowest BCUT2D eigenvalue weighted by atomic mass is 10.0. The molecule has 2 aliphatic rings. The minimum atomic E-state index is -3.75. The molecule has 1 N–H and O–H groups in total. The molecular formula is C28H31N5O2S. The molecule has 7 nitrogen and oxygen atoms in total. The van der Waals surface area contributed by atoms with E-state index in [9.17, 15) is 8.42 Å². The van der Waals surface area contributed by atoms with Gasteiger partial charge in [-0.3, -0.25) is 4.72 Å². The molecule has 8 heteroatoms. The number of anilines is 2. The van der Waals surface area contributed by atoms with Crippen LogP contribution < -0.4 is 9.62 Å². The lowest BCUT2D eigenvalue weighted by Crippen LogP contribution is -2.17. The summed E-state index contributed by atoms with van der Waals surface area (Å²) in [6, 6.07) is 19.2. The van der Waals surface area contributed by atoms with Crippen LogP contribution in [0.3, 0.4) is 0 Å². The van der Waals surface area contributed by atoms with Crippen molar-refractivity contribution in [1.29, 1.82) is 0 Å². The molecule has 4 heterocycles. The molecule has 0 spiro atoms. The van der Waals surface area contributed by atoms with Gasteiger partial charge in [-0.15, -0.1) is 0 Å². The Morgan fingerprint density at radius 1 is 0.972 bits per heavy atom. The fourth-order valence-electron chi connectivity index (χ4n) is 5.55. The van der Waals surface area contributed by atoms with Crippen molar-refractivity contribution in [3.05, 3.63) is 73.1 Å². The van der Waals surface area contributed by atoms with Gasteiger partial charge in [0.2, 0.25) is 0 Å². The number of benzene rings is 2. The topological polar surface area (TPSA) is 70.5 Å². The fraction of sp³-hybridized carbons (Fsp3) is 0.321. The third kappa shape index (κ3) is 4.24. The van der Waals surface area contributed by atoms with Gasteiger partial charge in [-0.25, -0.2) is 13.4 Å². The lowest BCUT2D eigenvalue weighted by Gasteiger charge is -2.18. The van der Waals surface area contributed by atoms with Crippen molar-refractivity contribution >= 4 is 32.4 Å². The number of likely N-dealkylation sites (N-methyl/N-ethyl adjacent to an activating group) is 1. The van der Waals surface area contributed by atoms with Crippen LogP contribution in [-0.4, -0.2) is 56.1 Å². The Morgan fingerprint density at radius 3 is 2.53 bits per heavy atom. The van der Waals surface area contributed by atoms with Crippen molar-refractivity contribution in [2.75, 3.05) is 42.8 Å². The monoisotopic (exact) mass is 501 g/mol. The highest BCUT2D eigenvalue weighted by atomic mass is 32.2. The quantitative estimate of drug-likeness (QED) is 0.404. The molecule has 0 saturated carbocycles. The van der Waals surface area contributed by atoms with Crippen molar-refractivity contribution in [2.45, 2.75) is 30.2 Å². The third-order valence-corrected chi connectivity index (χ3v) is 8.78. The minimum absolute atomic E-state index is 0.240. The molecule has 36 heavy (non-hydrogen) atoms. The van der Waals surface area contributed by atoms with Crippen LogP contribution in [0.15, 0.2) is 78.0 Å². The van der Waals surface area contributed by atoms with Crippen molar-refractivity contribution in [1.82, 2.24) is 14.5 Å². The molecule has 0 amide bonds. The Hall–Kier alpha value is -3.36. The summed E-state index contributed by atoms with van der Waals surface area (Å²) in [6.07, 6.45) is 7.34.